The van der Waals surface area contributed by atoms with Gasteiger partial charge in [0, 0.05) is 11.6 Å². The Kier molecular flexibility index (Phi) is 3.87. The van der Waals surface area contributed by atoms with Gasteiger partial charge < -0.3 is 15.2 Å². The van der Waals surface area contributed by atoms with E-state index in [0.29, 0.717) is 6.61 Å². The van der Waals surface area contributed by atoms with Gasteiger partial charge in [0.1, 0.15) is 5.75 Å². The van der Waals surface area contributed by atoms with E-state index in [4.69, 9.17) is 15.2 Å². The molecule has 0 heterocycles. The van der Waals surface area contributed by atoms with Crippen molar-refractivity contribution in [2.45, 2.75) is 32.2 Å². The molecule has 0 radical (unpaired) electrons. The number of hydrogen-bond acceptors (Lipinski definition) is 4. The largest absolute Gasteiger partial charge is 0.494 e. The first-order valence-electron chi connectivity index (χ1n) is 6.24. The zero-order valence-corrected chi connectivity index (χ0v) is 10.9. The first-order valence-corrected chi connectivity index (χ1v) is 6.24. The minimum atomic E-state index is -0.252. The van der Waals surface area contributed by atoms with E-state index in [1.54, 1.807) is 0 Å². The molecule has 1 aliphatic rings. The summed E-state index contributed by atoms with van der Waals surface area (Å²) in [5.74, 6) is 0.522. The fourth-order valence-corrected chi connectivity index (χ4v) is 2.39. The number of rotatable bonds is 4. The lowest BCUT2D eigenvalue weighted by Gasteiger charge is -2.12. The summed E-state index contributed by atoms with van der Waals surface area (Å²) < 4.78 is 10.3. The van der Waals surface area contributed by atoms with Gasteiger partial charge in [0.15, 0.2) is 0 Å². The maximum absolute atomic E-state index is 11.4. The number of fused-ring (bicyclic) bond motifs is 1. The molecule has 18 heavy (non-hydrogen) atoms. The first-order chi connectivity index (χ1) is 8.63. The molecule has 0 bridgehead atoms. The molecule has 0 saturated carbocycles. The van der Waals surface area contributed by atoms with Crippen LogP contribution < -0.4 is 10.5 Å². The third-order valence-electron chi connectivity index (χ3n) is 3.21. The standard InChI is InChI=1S/C14H19NO3/c1-3-18-13-7-10-6-12(15)5-9(10)4-11(13)8-14(16)17-2/h4,7,12H,3,5-6,8,15H2,1-2H3. The number of methoxy groups -OCH3 is 1. The molecule has 1 aromatic rings. The number of benzene rings is 1. The van der Waals surface area contributed by atoms with Gasteiger partial charge >= 0.3 is 5.97 Å². The van der Waals surface area contributed by atoms with Crippen molar-refractivity contribution in [2.75, 3.05) is 13.7 Å². The predicted molar refractivity (Wildman–Crippen MR) is 68.7 cm³/mol. The van der Waals surface area contributed by atoms with Gasteiger partial charge in [-0.3, -0.25) is 4.79 Å². The molecule has 1 aliphatic carbocycles. The normalized spacial score (nSPS) is 17.4. The Bertz CT molecular complexity index is 457. The highest BCUT2D eigenvalue weighted by molar-refractivity contribution is 5.73. The van der Waals surface area contributed by atoms with Crippen molar-refractivity contribution >= 4 is 5.97 Å². The number of hydrogen-bond donors (Lipinski definition) is 1. The lowest BCUT2D eigenvalue weighted by atomic mass is 10.0. The second-order valence-corrected chi connectivity index (χ2v) is 4.58. The van der Waals surface area contributed by atoms with Gasteiger partial charge in [-0.2, -0.15) is 0 Å². The highest BCUT2D eigenvalue weighted by Crippen LogP contribution is 2.30. The van der Waals surface area contributed by atoms with E-state index in [1.165, 1.54) is 18.2 Å². The molecular formula is C14H19NO3. The van der Waals surface area contributed by atoms with Gasteiger partial charge in [0.25, 0.3) is 0 Å². The summed E-state index contributed by atoms with van der Waals surface area (Å²) >= 11 is 0. The molecule has 1 unspecified atom stereocenters. The molecule has 0 aromatic heterocycles. The monoisotopic (exact) mass is 249 g/mol. The summed E-state index contributed by atoms with van der Waals surface area (Å²) in [4.78, 5) is 11.4. The molecule has 0 aliphatic heterocycles. The van der Waals surface area contributed by atoms with E-state index in [1.807, 2.05) is 19.1 Å². The number of carbonyl (C=O) groups is 1. The average Bonchev–Trinajstić information content (AvgIpc) is 2.69. The number of esters is 1. The molecule has 98 valence electrons. The third-order valence-corrected chi connectivity index (χ3v) is 3.21. The van der Waals surface area contributed by atoms with Crippen molar-refractivity contribution in [1.82, 2.24) is 0 Å². The Morgan fingerprint density at radius 3 is 2.67 bits per heavy atom. The fraction of sp³-hybridized carbons (Fsp3) is 0.500. The van der Waals surface area contributed by atoms with Crippen molar-refractivity contribution < 1.29 is 14.3 Å². The molecule has 0 saturated heterocycles. The van der Waals surface area contributed by atoms with Gasteiger partial charge in [0.2, 0.25) is 0 Å². The van der Waals surface area contributed by atoms with Crippen LogP contribution in [0.15, 0.2) is 12.1 Å². The van der Waals surface area contributed by atoms with Crippen molar-refractivity contribution in [2.24, 2.45) is 5.73 Å². The molecule has 0 spiro atoms. The molecule has 0 fully saturated rings. The van der Waals surface area contributed by atoms with E-state index >= 15 is 0 Å². The van der Waals surface area contributed by atoms with Crippen LogP contribution in [0.3, 0.4) is 0 Å². The summed E-state index contributed by atoms with van der Waals surface area (Å²) in [7, 11) is 1.39. The van der Waals surface area contributed by atoms with E-state index in [-0.39, 0.29) is 18.4 Å². The van der Waals surface area contributed by atoms with Crippen LogP contribution >= 0.6 is 0 Å². The van der Waals surface area contributed by atoms with E-state index in [9.17, 15) is 4.79 Å². The van der Waals surface area contributed by atoms with Crippen molar-refractivity contribution in [3.05, 3.63) is 28.8 Å². The Morgan fingerprint density at radius 2 is 2.06 bits per heavy atom. The maximum Gasteiger partial charge on any atom is 0.310 e. The highest BCUT2D eigenvalue weighted by Gasteiger charge is 2.21. The summed E-state index contributed by atoms with van der Waals surface area (Å²) in [5.41, 5.74) is 9.30. The minimum absolute atomic E-state index is 0.183. The average molecular weight is 249 g/mol. The van der Waals surface area contributed by atoms with Gasteiger partial charge in [-0.15, -0.1) is 0 Å². The first kappa shape index (κ1) is 12.9. The van der Waals surface area contributed by atoms with Crippen LogP contribution in [0.2, 0.25) is 0 Å². The third kappa shape index (κ3) is 2.64. The molecule has 4 nitrogen and oxygen atoms in total. The zero-order chi connectivity index (χ0) is 13.1. The molecule has 1 atom stereocenters. The molecular weight excluding hydrogens is 230 g/mol. The summed E-state index contributed by atoms with van der Waals surface area (Å²) in [6.07, 6.45) is 2.00. The highest BCUT2D eigenvalue weighted by atomic mass is 16.5. The lowest BCUT2D eigenvalue weighted by Crippen LogP contribution is -2.19. The summed E-state index contributed by atoms with van der Waals surface area (Å²) in [6, 6.07) is 4.23. The topological polar surface area (TPSA) is 61.5 Å². The Labute approximate surface area is 107 Å². The van der Waals surface area contributed by atoms with Crippen LogP contribution in [0.4, 0.5) is 0 Å². The maximum atomic E-state index is 11.4. The Hall–Kier alpha value is -1.55. The summed E-state index contributed by atoms with van der Waals surface area (Å²) in [5, 5.41) is 0. The van der Waals surface area contributed by atoms with Gasteiger partial charge in [-0.25, -0.2) is 0 Å². The molecule has 0 amide bonds. The van der Waals surface area contributed by atoms with Gasteiger partial charge in [-0.1, -0.05) is 6.07 Å². The van der Waals surface area contributed by atoms with E-state index < -0.39 is 0 Å². The van der Waals surface area contributed by atoms with E-state index in [2.05, 4.69) is 0 Å². The van der Waals surface area contributed by atoms with Crippen LogP contribution in [0.1, 0.15) is 23.6 Å². The molecule has 2 rings (SSSR count). The van der Waals surface area contributed by atoms with Crippen LogP contribution in [0, 0.1) is 0 Å². The smallest absolute Gasteiger partial charge is 0.310 e. The van der Waals surface area contributed by atoms with Crippen molar-refractivity contribution in [1.29, 1.82) is 0 Å². The van der Waals surface area contributed by atoms with Gasteiger partial charge in [-0.05, 0) is 37.0 Å². The number of carbonyl (C=O) groups excluding carboxylic acids is 1. The number of nitrogens with two attached hydrogens (primary N) is 1. The SMILES string of the molecule is CCOc1cc2c(cc1CC(=O)OC)CC(N)C2. The van der Waals surface area contributed by atoms with Crippen LogP contribution in [0.5, 0.6) is 5.75 Å². The zero-order valence-electron chi connectivity index (χ0n) is 10.9. The molecule has 4 heteroatoms. The van der Waals surface area contributed by atoms with Crippen molar-refractivity contribution in [3.8, 4) is 5.75 Å². The summed E-state index contributed by atoms with van der Waals surface area (Å²) in [6.45, 7) is 2.51. The Balaban J connectivity index is 2.31. The van der Waals surface area contributed by atoms with Crippen LogP contribution in [0.25, 0.3) is 0 Å². The fourth-order valence-electron chi connectivity index (χ4n) is 2.39. The molecule has 1 aromatic carbocycles. The van der Waals surface area contributed by atoms with Crippen LogP contribution in [-0.2, 0) is 28.8 Å². The number of ether oxygens (including phenoxy) is 2. The molecule has 2 N–H and O–H groups in total. The Morgan fingerprint density at radius 1 is 1.39 bits per heavy atom. The van der Waals surface area contributed by atoms with Crippen molar-refractivity contribution in [3.63, 3.8) is 0 Å². The quantitative estimate of drug-likeness (QED) is 0.815. The second-order valence-electron chi connectivity index (χ2n) is 4.58. The predicted octanol–water partition coefficient (Wildman–Crippen LogP) is 1.23. The second kappa shape index (κ2) is 5.40. The van der Waals surface area contributed by atoms with Gasteiger partial charge in [0.05, 0.1) is 20.1 Å². The lowest BCUT2D eigenvalue weighted by molar-refractivity contribution is -0.139. The van der Waals surface area contributed by atoms with Crippen LogP contribution in [-0.4, -0.2) is 25.7 Å². The minimum Gasteiger partial charge on any atom is -0.494 e. The van der Waals surface area contributed by atoms with E-state index in [0.717, 1.165) is 24.2 Å².